The summed E-state index contributed by atoms with van der Waals surface area (Å²) in [7, 11) is 1.63. The van der Waals surface area contributed by atoms with E-state index in [0.717, 1.165) is 38.3 Å². The first-order valence-electron chi connectivity index (χ1n) is 11.4. The van der Waals surface area contributed by atoms with Crippen molar-refractivity contribution in [3.05, 3.63) is 91.1 Å². The number of halogens is 1. The van der Waals surface area contributed by atoms with Crippen LogP contribution in [-0.2, 0) is 20.1 Å². The van der Waals surface area contributed by atoms with Gasteiger partial charge < -0.3 is 4.90 Å². The Balaban J connectivity index is 1.45. The van der Waals surface area contributed by atoms with Crippen molar-refractivity contribution in [3.63, 3.8) is 0 Å². The molecular formula is C25H27ClN6O2. The monoisotopic (exact) mass is 478 g/mol. The molecule has 0 bridgehead atoms. The van der Waals surface area contributed by atoms with Gasteiger partial charge in [0.05, 0.1) is 6.54 Å². The lowest BCUT2D eigenvalue weighted by Gasteiger charge is -2.35. The van der Waals surface area contributed by atoms with Crippen molar-refractivity contribution in [2.75, 3.05) is 31.1 Å². The maximum absolute atomic E-state index is 12.8. The summed E-state index contributed by atoms with van der Waals surface area (Å²) in [5.41, 5.74) is 3.45. The summed E-state index contributed by atoms with van der Waals surface area (Å²) >= 11 is 6.06. The molecule has 2 aromatic carbocycles. The SMILES string of the molecule is Cc1ccc(CN2CCN(c3nc4c(c(=O)[nH]c(=O)n4C)n3Cc3ccc(Cl)cc3)CC2)cc1. The fourth-order valence-electron chi connectivity index (χ4n) is 4.44. The second-order valence-electron chi connectivity index (χ2n) is 8.86. The van der Waals surface area contributed by atoms with Gasteiger partial charge in [-0.2, -0.15) is 4.98 Å². The number of aromatic nitrogens is 4. The first kappa shape index (κ1) is 22.4. The normalized spacial score (nSPS) is 14.7. The van der Waals surface area contributed by atoms with Gasteiger partial charge in [-0.25, -0.2) is 4.79 Å². The minimum atomic E-state index is -0.469. The standard InChI is InChI=1S/C25H27ClN6O2/c1-17-3-5-18(6-4-17)15-30-11-13-31(14-12-30)24-27-22-21(23(33)28-25(34)29(22)2)32(24)16-19-7-9-20(26)10-8-19/h3-10H,11-16H2,1-2H3,(H,28,33,34). The Morgan fingerprint density at radius 2 is 1.53 bits per heavy atom. The minimum absolute atomic E-state index is 0.389. The van der Waals surface area contributed by atoms with E-state index in [1.165, 1.54) is 15.7 Å². The summed E-state index contributed by atoms with van der Waals surface area (Å²) in [4.78, 5) is 36.8. The average Bonchev–Trinajstić information content (AvgIpc) is 3.21. The Hall–Kier alpha value is -3.36. The summed E-state index contributed by atoms with van der Waals surface area (Å²) in [6, 6.07) is 16.2. The summed E-state index contributed by atoms with van der Waals surface area (Å²) < 4.78 is 3.30. The van der Waals surface area contributed by atoms with Gasteiger partial charge in [-0.1, -0.05) is 53.6 Å². The second kappa shape index (κ2) is 9.12. The van der Waals surface area contributed by atoms with Crippen LogP contribution in [0.2, 0.25) is 5.02 Å². The summed E-state index contributed by atoms with van der Waals surface area (Å²) in [6.07, 6.45) is 0. The maximum atomic E-state index is 12.8. The number of imidazole rings is 1. The van der Waals surface area contributed by atoms with Crippen LogP contribution < -0.4 is 16.1 Å². The number of aryl methyl sites for hydroxylation is 2. The Bertz CT molecular complexity index is 1430. The largest absolute Gasteiger partial charge is 0.340 e. The quantitative estimate of drug-likeness (QED) is 0.477. The first-order valence-corrected chi connectivity index (χ1v) is 11.7. The van der Waals surface area contributed by atoms with Crippen LogP contribution in [0.3, 0.4) is 0 Å². The van der Waals surface area contributed by atoms with Gasteiger partial charge in [-0.05, 0) is 30.2 Å². The zero-order valence-electron chi connectivity index (χ0n) is 19.3. The average molecular weight is 479 g/mol. The Morgan fingerprint density at radius 3 is 2.21 bits per heavy atom. The van der Waals surface area contributed by atoms with Crippen LogP contribution in [0.15, 0.2) is 58.1 Å². The van der Waals surface area contributed by atoms with E-state index in [9.17, 15) is 9.59 Å². The maximum Gasteiger partial charge on any atom is 0.329 e. The molecule has 2 aromatic heterocycles. The highest BCUT2D eigenvalue weighted by molar-refractivity contribution is 6.30. The molecule has 1 saturated heterocycles. The molecule has 0 unspecified atom stereocenters. The molecule has 9 heteroatoms. The molecule has 1 aliphatic rings. The number of benzene rings is 2. The molecule has 8 nitrogen and oxygen atoms in total. The summed E-state index contributed by atoms with van der Waals surface area (Å²) in [6.45, 7) is 6.78. The summed E-state index contributed by atoms with van der Waals surface area (Å²) in [5, 5.41) is 0.657. The molecule has 176 valence electrons. The molecule has 4 aromatic rings. The van der Waals surface area contributed by atoms with Crippen LogP contribution >= 0.6 is 11.6 Å². The van der Waals surface area contributed by atoms with Gasteiger partial charge in [0.1, 0.15) is 0 Å². The van der Waals surface area contributed by atoms with Crippen molar-refractivity contribution in [2.45, 2.75) is 20.0 Å². The zero-order valence-corrected chi connectivity index (χ0v) is 20.0. The number of hydrogen-bond acceptors (Lipinski definition) is 5. The van der Waals surface area contributed by atoms with Crippen molar-refractivity contribution < 1.29 is 0 Å². The molecule has 34 heavy (non-hydrogen) atoms. The predicted molar refractivity (Wildman–Crippen MR) is 135 cm³/mol. The molecule has 0 spiro atoms. The van der Waals surface area contributed by atoms with Crippen molar-refractivity contribution in [1.82, 2.24) is 24.0 Å². The van der Waals surface area contributed by atoms with Gasteiger partial charge in [-0.15, -0.1) is 0 Å². The van der Waals surface area contributed by atoms with Crippen molar-refractivity contribution in [1.29, 1.82) is 0 Å². The molecule has 0 radical (unpaired) electrons. The van der Waals surface area contributed by atoms with E-state index in [1.54, 1.807) is 7.05 Å². The second-order valence-corrected chi connectivity index (χ2v) is 9.30. The van der Waals surface area contributed by atoms with E-state index < -0.39 is 11.2 Å². The lowest BCUT2D eigenvalue weighted by molar-refractivity contribution is 0.248. The van der Waals surface area contributed by atoms with Crippen molar-refractivity contribution >= 4 is 28.7 Å². The van der Waals surface area contributed by atoms with Crippen LogP contribution in [0.5, 0.6) is 0 Å². The van der Waals surface area contributed by atoms with Gasteiger partial charge in [0.25, 0.3) is 5.56 Å². The molecule has 5 rings (SSSR count). The highest BCUT2D eigenvalue weighted by Crippen LogP contribution is 2.23. The highest BCUT2D eigenvalue weighted by atomic mass is 35.5. The summed E-state index contributed by atoms with van der Waals surface area (Å²) in [5.74, 6) is 0.701. The van der Waals surface area contributed by atoms with E-state index in [-0.39, 0.29) is 0 Å². The zero-order chi connectivity index (χ0) is 23.8. The molecule has 1 N–H and O–H groups in total. The fraction of sp³-hybridized carbons (Fsp3) is 0.320. The molecule has 0 saturated carbocycles. The van der Waals surface area contributed by atoms with Gasteiger partial charge in [0.2, 0.25) is 5.95 Å². The minimum Gasteiger partial charge on any atom is -0.340 e. The lowest BCUT2D eigenvalue weighted by atomic mass is 10.1. The van der Waals surface area contributed by atoms with Crippen LogP contribution in [-0.4, -0.2) is 50.2 Å². The Morgan fingerprint density at radius 1 is 0.912 bits per heavy atom. The van der Waals surface area contributed by atoms with Crippen LogP contribution in [0.4, 0.5) is 5.95 Å². The highest BCUT2D eigenvalue weighted by Gasteiger charge is 2.25. The van der Waals surface area contributed by atoms with Crippen LogP contribution in [0, 0.1) is 6.92 Å². The van der Waals surface area contributed by atoms with Gasteiger partial charge in [-0.3, -0.25) is 23.8 Å². The number of hydrogen-bond donors (Lipinski definition) is 1. The number of anilines is 1. The van der Waals surface area contributed by atoms with E-state index in [1.807, 2.05) is 28.8 Å². The van der Waals surface area contributed by atoms with E-state index in [4.69, 9.17) is 16.6 Å². The number of H-pyrrole nitrogens is 1. The van der Waals surface area contributed by atoms with Gasteiger partial charge in [0.15, 0.2) is 11.2 Å². The molecule has 0 aliphatic carbocycles. The van der Waals surface area contributed by atoms with E-state index in [0.29, 0.717) is 28.7 Å². The van der Waals surface area contributed by atoms with E-state index in [2.05, 4.69) is 46.0 Å². The molecule has 0 amide bonds. The van der Waals surface area contributed by atoms with Gasteiger partial charge in [0, 0.05) is 44.8 Å². The molecule has 0 atom stereocenters. The number of nitrogens with one attached hydrogen (secondary N) is 1. The molecule has 1 aliphatic heterocycles. The Labute approximate surface area is 202 Å². The molecular weight excluding hydrogens is 452 g/mol. The third kappa shape index (κ3) is 4.38. The van der Waals surface area contributed by atoms with Crippen LogP contribution in [0.25, 0.3) is 11.2 Å². The number of aromatic amines is 1. The number of nitrogens with zero attached hydrogens (tertiary/aromatic N) is 5. The predicted octanol–water partition coefficient (Wildman–Crippen LogP) is 2.76. The van der Waals surface area contributed by atoms with Crippen molar-refractivity contribution in [3.8, 4) is 0 Å². The van der Waals surface area contributed by atoms with E-state index >= 15 is 0 Å². The third-order valence-electron chi connectivity index (χ3n) is 6.42. The Kier molecular flexibility index (Phi) is 6.02. The van der Waals surface area contributed by atoms with Crippen molar-refractivity contribution in [2.24, 2.45) is 7.05 Å². The number of rotatable bonds is 5. The van der Waals surface area contributed by atoms with Crippen LogP contribution in [0.1, 0.15) is 16.7 Å². The topological polar surface area (TPSA) is 79.2 Å². The first-order chi connectivity index (χ1) is 16.4. The third-order valence-corrected chi connectivity index (χ3v) is 6.67. The number of piperazine rings is 1. The fourth-order valence-corrected chi connectivity index (χ4v) is 4.57. The smallest absolute Gasteiger partial charge is 0.329 e. The lowest BCUT2D eigenvalue weighted by Crippen LogP contribution is -2.46. The molecule has 1 fully saturated rings. The van der Waals surface area contributed by atoms with Gasteiger partial charge >= 0.3 is 5.69 Å². The number of fused-ring (bicyclic) bond motifs is 1. The molecule has 3 heterocycles.